The van der Waals surface area contributed by atoms with Crippen molar-refractivity contribution < 1.29 is 18.0 Å². The van der Waals surface area contributed by atoms with Gasteiger partial charge >= 0.3 is 6.18 Å². The molecule has 3 aromatic rings. The first kappa shape index (κ1) is 17.9. The van der Waals surface area contributed by atoms with Crippen LogP contribution in [-0.4, -0.2) is 10.9 Å². The van der Waals surface area contributed by atoms with Crippen LogP contribution in [0, 0.1) is 0 Å². The van der Waals surface area contributed by atoms with Crippen molar-refractivity contribution in [1.82, 2.24) is 4.98 Å². The van der Waals surface area contributed by atoms with E-state index in [9.17, 15) is 18.0 Å². The van der Waals surface area contributed by atoms with Gasteiger partial charge in [-0.1, -0.05) is 17.7 Å². The first-order valence-corrected chi connectivity index (χ1v) is 9.11. The number of alkyl halides is 3. The topological polar surface area (TPSA) is 42.0 Å². The van der Waals surface area contributed by atoms with E-state index in [0.717, 1.165) is 22.0 Å². The van der Waals surface area contributed by atoms with Gasteiger partial charge < -0.3 is 5.32 Å². The van der Waals surface area contributed by atoms with E-state index >= 15 is 0 Å². The molecular formula is C16H10ClF3N2OS2. The molecule has 0 saturated carbocycles. The summed E-state index contributed by atoms with van der Waals surface area (Å²) in [6.45, 7) is 0. The summed E-state index contributed by atoms with van der Waals surface area (Å²) in [4.78, 5) is 17.4. The Hall–Kier alpha value is -1.90. The van der Waals surface area contributed by atoms with E-state index in [2.05, 4.69) is 10.3 Å². The van der Waals surface area contributed by atoms with Crippen LogP contribution >= 0.6 is 34.3 Å². The highest BCUT2D eigenvalue weighted by Gasteiger charge is 2.33. The van der Waals surface area contributed by atoms with E-state index in [1.807, 2.05) is 17.5 Å². The second-order valence-electron chi connectivity index (χ2n) is 5.04. The van der Waals surface area contributed by atoms with Crippen molar-refractivity contribution in [2.75, 3.05) is 5.32 Å². The number of carbonyl (C=O) groups is 1. The Morgan fingerprint density at radius 1 is 1.24 bits per heavy atom. The second kappa shape index (κ2) is 7.15. The maximum Gasteiger partial charge on any atom is 0.417 e. The van der Waals surface area contributed by atoms with Crippen LogP contribution in [0.1, 0.15) is 11.3 Å². The van der Waals surface area contributed by atoms with Crippen LogP contribution in [-0.2, 0) is 17.4 Å². The van der Waals surface area contributed by atoms with Crippen molar-refractivity contribution in [3.05, 3.63) is 57.4 Å². The molecule has 2 aromatic heterocycles. The summed E-state index contributed by atoms with van der Waals surface area (Å²) in [7, 11) is 0. The first-order valence-electron chi connectivity index (χ1n) is 6.98. The number of amides is 1. The van der Waals surface area contributed by atoms with Gasteiger partial charge in [0.2, 0.25) is 5.91 Å². The molecule has 0 spiro atoms. The van der Waals surface area contributed by atoms with E-state index in [1.54, 1.807) is 16.7 Å². The number of aromatic nitrogens is 1. The average molecular weight is 403 g/mol. The smallest absolute Gasteiger partial charge is 0.326 e. The van der Waals surface area contributed by atoms with Crippen LogP contribution in [0.4, 0.5) is 18.9 Å². The van der Waals surface area contributed by atoms with Crippen molar-refractivity contribution in [2.45, 2.75) is 12.6 Å². The summed E-state index contributed by atoms with van der Waals surface area (Å²) in [5.74, 6) is -0.446. The summed E-state index contributed by atoms with van der Waals surface area (Å²) in [6.07, 6.45) is -4.60. The minimum atomic E-state index is -4.58. The quantitative estimate of drug-likeness (QED) is 0.606. The molecule has 0 fully saturated rings. The van der Waals surface area contributed by atoms with Crippen molar-refractivity contribution in [3.63, 3.8) is 0 Å². The van der Waals surface area contributed by atoms with Crippen LogP contribution in [0.2, 0.25) is 5.02 Å². The predicted molar refractivity (Wildman–Crippen MR) is 94.2 cm³/mol. The lowest BCUT2D eigenvalue weighted by Gasteiger charge is -2.11. The SMILES string of the molecule is O=C(Cc1csc(-c2cccs2)n1)Nc1ccc(Cl)c(C(F)(F)F)c1. The standard InChI is InChI=1S/C16H10ClF3N2OS2/c17-12-4-3-9(6-11(12)16(18,19)20)21-14(23)7-10-8-25-15(22-10)13-2-1-5-24-13/h1-6,8H,7H2,(H,21,23). The number of thiophene rings is 1. The highest BCUT2D eigenvalue weighted by atomic mass is 35.5. The van der Waals surface area contributed by atoms with Crippen LogP contribution in [0.15, 0.2) is 41.1 Å². The van der Waals surface area contributed by atoms with Gasteiger partial charge in [0.1, 0.15) is 5.01 Å². The molecule has 1 aromatic carbocycles. The molecule has 3 rings (SSSR count). The molecule has 25 heavy (non-hydrogen) atoms. The molecule has 0 radical (unpaired) electrons. The Labute approximate surface area is 154 Å². The van der Waals surface area contributed by atoms with Crippen LogP contribution in [0.5, 0.6) is 0 Å². The van der Waals surface area contributed by atoms with E-state index in [4.69, 9.17) is 11.6 Å². The van der Waals surface area contributed by atoms with Crippen molar-refractivity contribution in [3.8, 4) is 9.88 Å². The molecule has 130 valence electrons. The van der Waals surface area contributed by atoms with Crippen molar-refractivity contribution in [1.29, 1.82) is 0 Å². The average Bonchev–Trinajstić information content (AvgIpc) is 3.19. The third-order valence-corrected chi connectivity index (χ3v) is 5.44. The molecule has 0 aliphatic heterocycles. The number of benzene rings is 1. The second-order valence-corrected chi connectivity index (χ2v) is 7.25. The fraction of sp³-hybridized carbons (Fsp3) is 0.125. The molecule has 0 unspecified atom stereocenters. The van der Waals surface area contributed by atoms with Gasteiger partial charge in [-0.2, -0.15) is 13.2 Å². The van der Waals surface area contributed by atoms with Crippen LogP contribution in [0.3, 0.4) is 0 Å². The van der Waals surface area contributed by atoms with Gasteiger partial charge in [0.05, 0.1) is 27.6 Å². The zero-order valence-electron chi connectivity index (χ0n) is 12.4. The lowest BCUT2D eigenvalue weighted by atomic mass is 10.2. The van der Waals surface area contributed by atoms with Crippen molar-refractivity contribution in [2.24, 2.45) is 0 Å². The van der Waals surface area contributed by atoms with Crippen LogP contribution < -0.4 is 5.32 Å². The Morgan fingerprint density at radius 3 is 2.72 bits per heavy atom. The Bertz CT molecular complexity index is 891. The monoisotopic (exact) mass is 402 g/mol. The highest BCUT2D eigenvalue weighted by Crippen LogP contribution is 2.36. The van der Waals surface area contributed by atoms with Gasteiger partial charge in [0.15, 0.2) is 0 Å². The van der Waals surface area contributed by atoms with Crippen molar-refractivity contribution >= 4 is 45.9 Å². The highest BCUT2D eigenvalue weighted by molar-refractivity contribution is 7.20. The summed E-state index contributed by atoms with van der Waals surface area (Å²) < 4.78 is 38.5. The minimum Gasteiger partial charge on any atom is -0.326 e. The summed E-state index contributed by atoms with van der Waals surface area (Å²) in [5.41, 5.74) is -0.382. The molecule has 3 nitrogen and oxygen atoms in total. The molecule has 0 aliphatic rings. The summed E-state index contributed by atoms with van der Waals surface area (Å²) >= 11 is 8.52. The predicted octanol–water partition coefficient (Wildman–Crippen LogP) is 5.73. The third kappa shape index (κ3) is 4.39. The zero-order chi connectivity index (χ0) is 18.0. The first-order chi connectivity index (χ1) is 11.8. The molecule has 9 heteroatoms. The number of nitrogens with one attached hydrogen (secondary N) is 1. The molecule has 0 saturated heterocycles. The van der Waals surface area contributed by atoms with Gasteiger partial charge in [-0.25, -0.2) is 4.98 Å². The number of thiazole rings is 1. The number of nitrogens with zero attached hydrogens (tertiary/aromatic N) is 1. The number of anilines is 1. The lowest BCUT2D eigenvalue weighted by molar-refractivity contribution is -0.137. The van der Waals surface area contributed by atoms with Gasteiger partial charge in [-0.05, 0) is 29.6 Å². The number of hydrogen-bond donors (Lipinski definition) is 1. The number of carbonyl (C=O) groups excluding carboxylic acids is 1. The molecule has 0 bridgehead atoms. The van der Waals surface area contributed by atoms with E-state index < -0.39 is 22.7 Å². The molecule has 0 aliphatic carbocycles. The number of hydrogen-bond acceptors (Lipinski definition) is 4. The largest absolute Gasteiger partial charge is 0.417 e. The number of rotatable bonds is 4. The van der Waals surface area contributed by atoms with E-state index in [1.165, 1.54) is 17.4 Å². The molecule has 1 amide bonds. The van der Waals surface area contributed by atoms with Crippen LogP contribution in [0.25, 0.3) is 9.88 Å². The van der Waals surface area contributed by atoms with E-state index in [-0.39, 0.29) is 12.1 Å². The fourth-order valence-electron chi connectivity index (χ4n) is 2.09. The minimum absolute atomic E-state index is 0.0220. The maximum atomic E-state index is 12.8. The molecule has 2 heterocycles. The van der Waals surface area contributed by atoms with E-state index in [0.29, 0.717) is 5.69 Å². The van der Waals surface area contributed by atoms with Gasteiger partial charge in [0, 0.05) is 11.1 Å². The third-order valence-electron chi connectivity index (χ3n) is 3.18. The fourth-order valence-corrected chi connectivity index (χ4v) is 3.95. The number of halogens is 4. The zero-order valence-corrected chi connectivity index (χ0v) is 14.8. The molecule has 0 atom stereocenters. The van der Waals surface area contributed by atoms with Gasteiger partial charge in [0.25, 0.3) is 0 Å². The van der Waals surface area contributed by atoms with Gasteiger partial charge in [-0.15, -0.1) is 22.7 Å². The normalized spacial score (nSPS) is 11.5. The summed E-state index contributed by atoms with van der Waals surface area (Å²) in [5, 5.41) is 6.54. The molecule has 1 N–H and O–H groups in total. The Balaban J connectivity index is 1.69. The Kier molecular flexibility index (Phi) is 5.12. The Morgan fingerprint density at radius 2 is 2.04 bits per heavy atom. The summed E-state index contributed by atoms with van der Waals surface area (Å²) in [6, 6.07) is 7.09. The van der Waals surface area contributed by atoms with Gasteiger partial charge in [-0.3, -0.25) is 4.79 Å². The molecular weight excluding hydrogens is 393 g/mol. The lowest BCUT2D eigenvalue weighted by Crippen LogP contribution is -2.15. The maximum absolute atomic E-state index is 12.8.